The van der Waals surface area contributed by atoms with E-state index in [2.05, 4.69) is 4.98 Å². The first-order valence-corrected chi connectivity index (χ1v) is 8.56. The van der Waals surface area contributed by atoms with Gasteiger partial charge in [-0.15, -0.1) is 0 Å². The van der Waals surface area contributed by atoms with Gasteiger partial charge in [0.1, 0.15) is 12.4 Å². The van der Waals surface area contributed by atoms with Crippen molar-refractivity contribution in [2.24, 2.45) is 0 Å². The number of rotatable bonds is 4. The third-order valence-electron chi connectivity index (χ3n) is 4.52. The van der Waals surface area contributed by atoms with E-state index in [0.717, 1.165) is 35.2 Å². The van der Waals surface area contributed by atoms with Crippen LogP contribution < -0.4 is 10.5 Å². The van der Waals surface area contributed by atoms with Crippen molar-refractivity contribution in [3.8, 4) is 0 Å². The SMILES string of the molecule is O=C(Cn1cc([N+](=O)[O-])ccc1=O)N1CCN(c2ccc(C(F)(F)F)cn2)CC1. The molecular weight excluding hydrogens is 395 g/mol. The molecule has 0 spiro atoms. The molecule has 29 heavy (non-hydrogen) atoms. The van der Waals surface area contributed by atoms with E-state index >= 15 is 0 Å². The largest absolute Gasteiger partial charge is 0.417 e. The molecule has 3 heterocycles. The summed E-state index contributed by atoms with van der Waals surface area (Å²) in [6.45, 7) is 0.942. The number of alkyl halides is 3. The van der Waals surface area contributed by atoms with E-state index in [9.17, 15) is 32.9 Å². The Morgan fingerprint density at radius 1 is 1.14 bits per heavy atom. The molecule has 0 saturated carbocycles. The second kappa shape index (κ2) is 7.89. The average molecular weight is 411 g/mol. The zero-order chi connectivity index (χ0) is 21.2. The molecule has 2 aromatic rings. The lowest BCUT2D eigenvalue weighted by Gasteiger charge is -2.35. The van der Waals surface area contributed by atoms with Gasteiger partial charge in [0.15, 0.2) is 0 Å². The maximum atomic E-state index is 12.6. The van der Waals surface area contributed by atoms with Crippen molar-refractivity contribution in [3.63, 3.8) is 0 Å². The fourth-order valence-corrected chi connectivity index (χ4v) is 2.92. The number of nitro groups is 1. The number of carbonyl (C=O) groups excluding carboxylic acids is 1. The van der Waals surface area contributed by atoms with E-state index in [4.69, 9.17) is 0 Å². The maximum Gasteiger partial charge on any atom is 0.417 e. The number of amides is 1. The Kier molecular flexibility index (Phi) is 5.52. The van der Waals surface area contributed by atoms with Crippen LogP contribution in [0.15, 0.2) is 41.5 Å². The highest BCUT2D eigenvalue weighted by molar-refractivity contribution is 5.76. The van der Waals surface area contributed by atoms with Crippen LogP contribution in [-0.4, -0.2) is 51.5 Å². The van der Waals surface area contributed by atoms with Gasteiger partial charge < -0.3 is 9.80 Å². The molecule has 1 amide bonds. The van der Waals surface area contributed by atoms with Crippen LogP contribution in [0.2, 0.25) is 0 Å². The van der Waals surface area contributed by atoms with Crippen LogP contribution in [0, 0.1) is 10.1 Å². The number of hydrogen-bond acceptors (Lipinski definition) is 6. The van der Waals surface area contributed by atoms with Crippen molar-refractivity contribution in [1.29, 1.82) is 0 Å². The summed E-state index contributed by atoms with van der Waals surface area (Å²) in [7, 11) is 0. The Hall–Kier alpha value is -3.44. The second-order valence-electron chi connectivity index (χ2n) is 6.38. The molecule has 0 aromatic carbocycles. The van der Waals surface area contributed by atoms with E-state index in [1.54, 1.807) is 4.90 Å². The number of nitrogens with zero attached hydrogens (tertiary/aromatic N) is 5. The Morgan fingerprint density at radius 2 is 1.83 bits per heavy atom. The van der Waals surface area contributed by atoms with Crippen molar-refractivity contribution >= 4 is 17.4 Å². The highest BCUT2D eigenvalue weighted by Gasteiger charge is 2.31. The van der Waals surface area contributed by atoms with Crippen molar-refractivity contribution in [2.45, 2.75) is 12.7 Å². The van der Waals surface area contributed by atoms with Gasteiger partial charge in [0, 0.05) is 44.5 Å². The molecule has 9 nitrogen and oxygen atoms in total. The lowest BCUT2D eigenvalue weighted by Crippen LogP contribution is -2.50. The van der Waals surface area contributed by atoms with Gasteiger partial charge in [0.2, 0.25) is 5.91 Å². The van der Waals surface area contributed by atoms with E-state index in [-0.39, 0.29) is 31.2 Å². The van der Waals surface area contributed by atoms with Crippen molar-refractivity contribution in [3.05, 3.63) is 62.7 Å². The van der Waals surface area contributed by atoms with Gasteiger partial charge in [-0.25, -0.2) is 4.98 Å². The number of hydrogen-bond donors (Lipinski definition) is 0. The second-order valence-corrected chi connectivity index (χ2v) is 6.38. The van der Waals surface area contributed by atoms with Crippen molar-refractivity contribution in [2.75, 3.05) is 31.1 Å². The van der Waals surface area contributed by atoms with Gasteiger partial charge in [0.05, 0.1) is 16.7 Å². The highest BCUT2D eigenvalue weighted by Crippen LogP contribution is 2.29. The number of aromatic nitrogens is 2. The fraction of sp³-hybridized carbons (Fsp3) is 0.353. The normalized spacial score (nSPS) is 14.7. The van der Waals surface area contributed by atoms with Crippen molar-refractivity contribution in [1.82, 2.24) is 14.5 Å². The first kappa shape index (κ1) is 20.3. The Labute approximate surface area is 162 Å². The minimum Gasteiger partial charge on any atom is -0.353 e. The minimum atomic E-state index is -4.46. The molecule has 1 saturated heterocycles. The zero-order valence-corrected chi connectivity index (χ0v) is 15.0. The van der Waals surface area contributed by atoms with Crippen LogP contribution in [-0.2, 0) is 17.5 Å². The third kappa shape index (κ3) is 4.70. The molecule has 1 fully saturated rings. The van der Waals surface area contributed by atoms with Gasteiger partial charge in [-0.1, -0.05) is 0 Å². The molecule has 154 valence electrons. The minimum absolute atomic E-state index is 0.283. The van der Waals surface area contributed by atoms with Crippen LogP contribution in [0.3, 0.4) is 0 Å². The average Bonchev–Trinajstić information content (AvgIpc) is 2.69. The van der Waals surface area contributed by atoms with E-state index in [0.29, 0.717) is 18.9 Å². The first-order chi connectivity index (χ1) is 13.6. The number of piperazine rings is 1. The van der Waals surface area contributed by atoms with Crippen LogP contribution in [0.5, 0.6) is 0 Å². The van der Waals surface area contributed by atoms with Gasteiger partial charge in [-0.2, -0.15) is 13.2 Å². The molecule has 0 atom stereocenters. The lowest BCUT2D eigenvalue weighted by molar-refractivity contribution is -0.385. The summed E-state index contributed by atoms with van der Waals surface area (Å²) in [5, 5.41) is 10.8. The maximum absolute atomic E-state index is 12.6. The number of anilines is 1. The summed E-state index contributed by atoms with van der Waals surface area (Å²) >= 11 is 0. The number of carbonyl (C=O) groups is 1. The molecule has 0 bridgehead atoms. The van der Waals surface area contributed by atoms with Gasteiger partial charge in [-0.3, -0.25) is 24.3 Å². The molecule has 0 radical (unpaired) electrons. The molecule has 12 heteroatoms. The van der Waals surface area contributed by atoms with Gasteiger partial charge in [0.25, 0.3) is 11.2 Å². The predicted molar refractivity (Wildman–Crippen MR) is 95.4 cm³/mol. The molecule has 3 rings (SSSR count). The smallest absolute Gasteiger partial charge is 0.353 e. The molecule has 0 aliphatic carbocycles. The quantitative estimate of drug-likeness (QED) is 0.559. The predicted octanol–water partition coefficient (Wildman–Crippen LogP) is 1.52. The fourth-order valence-electron chi connectivity index (χ4n) is 2.92. The summed E-state index contributed by atoms with van der Waals surface area (Å²) in [5.74, 6) is -0.00682. The summed E-state index contributed by atoms with van der Waals surface area (Å²) < 4.78 is 38.8. The number of pyridine rings is 2. The summed E-state index contributed by atoms with van der Waals surface area (Å²) in [6, 6.07) is 4.33. The number of halogens is 3. The van der Waals surface area contributed by atoms with E-state index < -0.39 is 22.2 Å². The standard InChI is InChI=1S/C17H16F3N5O4/c18-17(19,20)12-1-3-14(21-9-12)22-5-7-23(8-6-22)16(27)11-24-10-13(25(28)29)2-4-15(24)26/h1-4,9-10H,5-8,11H2. The Bertz CT molecular complexity index is 966. The van der Waals surface area contributed by atoms with Crippen molar-refractivity contribution < 1.29 is 22.9 Å². The first-order valence-electron chi connectivity index (χ1n) is 8.56. The van der Waals surface area contributed by atoms with Crippen LogP contribution >= 0.6 is 0 Å². The molecule has 2 aromatic heterocycles. The summed E-state index contributed by atoms with van der Waals surface area (Å²) in [4.78, 5) is 41.5. The zero-order valence-electron chi connectivity index (χ0n) is 15.0. The Balaban J connectivity index is 1.61. The summed E-state index contributed by atoms with van der Waals surface area (Å²) in [5.41, 5.74) is -1.66. The van der Waals surface area contributed by atoms with Crippen LogP contribution in [0.1, 0.15) is 5.56 Å². The van der Waals surface area contributed by atoms with Crippen LogP contribution in [0.4, 0.5) is 24.7 Å². The van der Waals surface area contributed by atoms with Gasteiger partial charge in [-0.05, 0) is 12.1 Å². The summed E-state index contributed by atoms with van der Waals surface area (Å²) in [6.07, 6.45) is -2.68. The molecule has 1 aliphatic heterocycles. The van der Waals surface area contributed by atoms with Gasteiger partial charge >= 0.3 is 6.18 Å². The molecule has 0 N–H and O–H groups in total. The topological polar surface area (TPSA) is 102 Å². The van der Waals surface area contributed by atoms with Crippen LogP contribution in [0.25, 0.3) is 0 Å². The molecule has 1 aliphatic rings. The molecule has 0 unspecified atom stereocenters. The third-order valence-corrected chi connectivity index (χ3v) is 4.52. The highest BCUT2D eigenvalue weighted by atomic mass is 19.4. The van der Waals surface area contributed by atoms with E-state index in [1.165, 1.54) is 11.0 Å². The van der Waals surface area contributed by atoms with E-state index in [1.807, 2.05) is 0 Å². The molecular formula is C17H16F3N5O4. The Morgan fingerprint density at radius 3 is 2.38 bits per heavy atom. The monoisotopic (exact) mass is 411 g/mol. The lowest BCUT2D eigenvalue weighted by atomic mass is 10.2.